The van der Waals surface area contributed by atoms with Crippen LogP contribution in [0.25, 0.3) is 89.5 Å². The van der Waals surface area contributed by atoms with E-state index in [1.54, 1.807) is 0 Å². The van der Waals surface area contributed by atoms with E-state index < -0.39 is 0 Å². The molecular formula is C50H35N5. The fourth-order valence-corrected chi connectivity index (χ4v) is 8.82. The smallest absolute Gasteiger partial charge is 0.238 e. The minimum absolute atomic E-state index is 0.200. The van der Waals surface area contributed by atoms with E-state index in [9.17, 15) is 0 Å². The van der Waals surface area contributed by atoms with Crippen LogP contribution in [0.2, 0.25) is 0 Å². The van der Waals surface area contributed by atoms with Crippen molar-refractivity contribution >= 4 is 32.7 Å². The van der Waals surface area contributed by atoms with Gasteiger partial charge in [0.05, 0.1) is 22.2 Å². The first kappa shape index (κ1) is 31.4. The van der Waals surface area contributed by atoms with Gasteiger partial charge in [0, 0.05) is 44.0 Å². The molecule has 0 N–H and O–H groups in total. The maximum absolute atomic E-state index is 5.25. The molecule has 10 aromatic rings. The predicted molar refractivity (Wildman–Crippen MR) is 225 cm³/mol. The van der Waals surface area contributed by atoms with Crippen molar-refractivity contribution in [1.82, 2.24) is 24.1 Å². The molecule has 0 aliphatic heterocycles. The zero-order valence-electron chi connectivity index (χ0n) is 30.5. The molecule has 3 aromatic heterocycles. The first-order chi connectivity index (χ1) is 27.0. The van der Waals surface area contributed by atoms with E-state index in [0.29, 0.717) is 17.6 Å². The number of para-hydroxylation sites is 1. The molecule has 0 fully saturated rings. The van der Waals surface area contributed by atoms with Gasteiger partial charge in [-0.25, -0.2) is 4.98 Å². The van der Waals surface area contributed by atoms with E-state index in [2.05, 4.69) is 163 Å². The van der Waals surface area contributed by atoms with Gasteiger partial charge in [-0.2, -0.15) is 9.97 Å². The number of hydrogen-bond donors (Lipinski definition) is 0. The van der Waals surface area contributed by atoms with Crippen LogP contribution in [0, 0.1) is 0 Å². The molecule has 7 aromatic carbocycles. The number of fused-ring (bicyclic) bond motifs is 8. The Bertz CT molecular complexity index is 3030. The van der Waals surface area contributed by atoms with Gasteiger partial charge in [0.1, 0.15) is 0 Å². The van der Waals surface area contributed by atoms with Crippen LogP contribution >= 0.6 is 0 Å². The quantitative estimate of drug-likeness (QED) is 0.179. The normalized spacial score (nSPS) is 13.1. The summed E-state index contributed by atoms with van der Waals surface area (Å²) >= 11 is 0. The molecule has 0 atom stereocenters. The van der Waals surface area contributed by atoms with E-state index in [1.807, 2.05) is 36.4 Å². The Labute approximate surface area is 318 Å². The molecule has 0 radical (unpaired) electrons. The van der Waals surface area contributed by atoms with Crippen LogP contribution in [-0.2, 0) is 5.41 Å². The number of nitrogens with zero attached hydrogens (tertiary/aromatic N) is 5. The SMILES string of the molecule is CC1(C)c2ccccc2-c2c1c1cc3c4cc(-c5ccccc5)ccc4n(-c4nc(-c5ccccc5)nc(-c5ccccc5)n4)c3cc1n2-c1ccccc1. The van der Waals surface area contributed by atoms with E-state index in [-0.39, 0.29) is 5.41 Å². The standard InChI is InChI=1S/C50H35N5/c1-50(2)41-26-16-15-25-37(41)46-45(50)40-30-39-38-29-35(32-17-7-3-8-18-32)27-28-42(38)55(43(39)31-44(40)54(46)36-23-13-6-14-24-36)49-52-47(33-19-9-4-10-20-33)51-48(53-49)34-21-11-5-12-22-34/h3-31H,1-2H3. The Morgan fingerprint density at radius 2 is 0.964 bits per heavy atom. The van der Waals surface area contributed by atoms with Gasteiger partial charge in [-0.05, 0) is 58.7 Å². The van der Waals surface area contributed by atoms with Gasteiger partial charge in [0.15, 0.2) is 11.6 Å². The molecule has 0 bridgehead atoms. The highest BCUT2D eigenvalue weighted by Crippen LogP contribution is 2.54. The van der Waals surface area contributed by atoms with Crippen molar-refractivity contribution < 1.29 is 0 Å². The molecule has 1 aliphatic carbocycles. The van der Waals surface area contributed by atoms with Crippen molar-refractivity contribution in [3.8, 4) is 56.8 Å². The third-order valence-corrected chi connectivity index (χ3v) is 11.3. The molecular weight excluding hydrogens is 671 g/mol. The van der Waals surface area contributed by atoms with Crippen molar-refractivity contribution in [3.63, 3.8) is 0 Å². The van der Waals surface area contributed by atoms with E-state index in [4.69, 9.17) is 15.0 Å². The maximum atomic E-state index is 5.25. The minimum atomic E-state index is -0.200. The summed E-state index contributed by atoms with van der Waals surface area (Å²) in [6.07, 6.45) is 0. The number of aromatic nitrogens is 5. The van der Waals surface area contributed by atoms with Crippen LogP contribution in [-0.4, -0.2) is 24.1 Å². The molecule has 0 saturated heterocycles. The molecule has 0 spiro atoms. The lowest BCUT2D eigenvalue weighted by atomic mass is 9.81. The third-order valence-electron chi connectivity index (χ3n) is 11.3. The largest absolute Gasteiger partial charge is 0.309 e. The molecule has 1 aliphatic rings. The summed E-state index contributed by atoms with van der Waals surface area (Å²) in [5.41, 5.74) is 13.6. The molecule has 11 rings (SSSR count). The fraction of sp³-hybridized carbons (Fsp3) is 0.0600. The molecule has 5 heteroatoms. The monoisotopic (exact) mass is 705 g/mol. The Kier molecular flexibility index (Phi) is 6.83. The second kappa shape index (κ2) is 12.0. The van der Waals surface area contributed by atoms with Crippen molar-refractivity contribution in [1.29, 1.82) is 0 Å². The highest BCUT2D eigenvalue weighted by molar-refractivity contribution is 6.16. The van der Waals surface area contributed by atoms with E-state index >= 15 is 0 Å². The van der Waals surface area contributed by atoms with Gasteiger partial charge in [0.2, 0.25) is 5.95 Å². The second-order valence-electron chi connectivity index (χ2n) is 14.9. The summed E-state index contributed by atoms with van der Waals surface area (Å²) in [5, 5.41) is 3.56. The van der Waals surface area contributed by atoms with Gasteiger partial charge in [0.25, 0.3) is 0 Å². The first-order valence-corrected chi connectivity index (χ1v) is 18.8. The number of benzene rings is 7. The predicted octanol–water partition coefficient (Wildman–Crippen LogP) is 12.2. The van der Waals surface area contributed by atoms with Crippen molar-refractivity contribution in [2.45, 2.75) is 19.3 Å². The lowest BCUT2D eigenvalue weighted by Gasteiger charge is -2.21. The van der Waals surface area contributed by atoms with Crippen LogP contribution < -0.4 is 0 Å². The average Bonchev–Trinajstić information content (AvgIpc) is 3.84. The highest BCUT2D eigenvalue weighted by Gasteiger charge is 2.40. The second-order valence-corrected chi connectivity index (χ2v) is 14.9. The Morgan fingerprint density at radius 3 is 1.62 bits per heavy atom. The summed E-state index contributed by atoms with van der Waals surface area (Å²) in [6.45, 7) is 4.74. The molecule has 260 valence electrons. The van der Waals surface area contributed by atoms with Crippen LogP contribution in [0.15, 0.2) is 176 Å². The lowest BCUT2D eigenvalue weighted by molar-refractivity contribution is 0.666. The third kappa shape index (κ3) is 4.76. The van der Waals surface area contributed by atoms with Crippen LogP contribution in [0.3, 0.4) is 0 Å². The lowest BCUT2D eigenvalue weighted by Crippen LogP contribution is -2.14. The van der Waals surface area contributed by atoms with E-state index in [1.165, 1.54) is 33.3 Å². The summed E-state index contributed by atoms with van der Waals surface area (Å²) in [4.78, 5) is 15.5. The molecule has 0 unspecified atom stereocenters. The molecule has 0 saturated carbocycles. The zero-order chi connectivity index (χ0) is 36.7. The topological polar surface area (TPSA) is 48.5 Å². The summed E-state index contributed by atoms with van der Waals surface area (Å²) < 4.78 is 4.71. The number of hydrogen-bond acceptors (Lipinski definition) is 3. The summed E-state index contributed by atoms with van der Waals surface area (Å²) in [6, 6.07) is 62.2. The molecule has 3 heterocycles. The van der Waals surface area contributed by atoms with Crippen LogP contribution in [0.1, 0.15) is 25.0 Å². The van der Waals surface area contributed by atoms with Gasteiger partial charge in [-0.3, -0.25) is 4.57 Å². The van der Waals surface area contributed by atoms with E-state index in [0.717, 1.165) is 49.7 Å². The van der Waals surface area contributed by atoms with Crippen molar-refractivity contribution in [2.24, 2.45) is 0 Å². The summed E-state index contributed by atoms with van der Waals surface area (Å²) in [5.74, 6) is 1.84. The number of rotatable bonds is 5. The average molecular weight is 706 g/mol. The Balaban J connectivity index is 1.29. The molecule has 5 nitrogen and oxygen atoms in total. The minimum Gasteiger partial charge on any atom is -0.309 e. The van der Waals surface area contributed by atoms with Crippen LogP contribution in [0.5, 0.6) is 0 Å². The molecule has 55 heavy (non-hydrogen) atoms. The maximum Gasteiger partial charge on any atom is 0.238 e. The van der Waals surface area contributed by atoms with Gasteiger partial charge in [-0.1, -0.05) is 153 Å². The highest BCUT2D eigenvalue weighted by atomic mass is 15.2. The van der Waals surface area contributed by atoms with Crippen LogP contribution in [0.4, 0.5) is 0 Å². The van der Waals surface area contributed by atoms with Crippen molar-refractivity contribution in [2.75, 3.05) is 0 Å². The molecule has 0 amide bonds. The summed E-state index contributed by atoms with van der Waals surface area (Å²) in [7, 11) is 0. The Hall–Kier alpha value is -7.11. The zero-order valence-corrected chi connectivity index (χ0v) is 30.5. The Morgan fingerprint density at radius 1 is 0.418 bits per heavy atom. The fourth-order valence-electron chi connectivity index (χ4n) is 8.82. The van der Waals surface area contributed by atoms with Crippen molar-refractivity contribution in [3.05, 3.63) is 187 Å². The van der Waals surface area contributed by atoms with Gasteiger partial charge in [-0.15, -0.1) is 0 Å². The van der Waals surface area contributed by atoms with Gasteiger partial charge < -0.3 is 4.57 Å². The first-order valence-electron chi connectivity index (χ1n) is 18.8. The van der Waals surface area contributed by atoms with Gasteiger partial charge >= 0.3 is 0 Å².